The minimum atomic E-state index is -0.408. The number of carbonyl (C=O) groups is 2. The van der Waals surface area contributed by atoms with Crippen molar-refractivity contribution < 1.29 is 14.0 Å². The predicted molar refractivity (Wildman–Crippen MR) is 111 cm³/mol. The van der Waals surface area contributed by atoms with Gasteiger partial charge in [0, 0.05) is 42.9 Å². The highest BCUT2D eigenvalue weighted by atomic mass is 19.1. The van der Waals surface area contributed by atoms with Crippen LogP contribution in [-0.4, -0.2) is 40.5 Å². The summed E-state index contributed by atoms with van der Waals surface area (Å²) in [7, 11) is 0. The van der Waals surface area contributed by atoms with Gasteiger partial charge in [-0.15, -0.1) is 0 Å². The monoisotopic (exact) mass is 412 g/mol. The maximum Gasteiger partial charge on any atom is 0.319 e. The van der Waals surface area contributed by atoms with Crippen molar-refractivity contribution in [3.8, 4) is 0 Å². The highest BCUT2D eigenvalue weighted by Gasteiger charge is 2.37. The maximum absolute atomic E-state index is 13.2. The molecule has 1 aromatic heterocycles. The Morgan fingerprint density at radius 2 is 1.80 bits per heavy atom. The van der Waals surface area contributed by atoms with Gasteiger partial charge in [0.05, 0.1) is 0 Å². The van der Waals surface area contributed by atoms with E-state index in [0.29, 0.717) is 25.2 Å². The zero-order valence-corrected chi connectivity index (χ0v) is 17.0. The highest BCUT2D eigenvalue weighted by molar-refractivity contribution is 5.94. The van der Waals surface area contributed by atoms with Gasteiger partial charge in [0.15, 0.2) is 0 Å². The first-order valence-corrected chi connectivity index (χ1v) is 10.2. The Hall–Kier alpha value is -3.16. The molecule has 1 saturated heterocycles. The molecule has 158 valence electrons. The smallest absolute Gasteiger partial charge is 0.319 e. The summed E-state index contributed by atoms with van der Waals surface area (Å²) in [6, 6.07) is 8.63. The fraction of sp³-hybridized carbons (Fsp3) is 0.409. The van der Waals surface area contributed by atoms with Crippen LogP contribution >= 0.6 is 0 Å². The molecule has 0 unspecified atom stereocenters. The summed E-state index contributed by atoms with van der Waals surface area (Å²) in [5, 5.41) is 5.34. The van der Waals surface area contributed by atoms with Crippen molar-refractivity contribution >= 4 is 17.6 Å². The Kier molecular flexibility index (Phi) is 5.32. The molecule has 2 bridgehead atoms. The van der Waals surface area contributed by atoms with E-state index in [0.717, 1.165) is 12.1 Å². The van der Waals surface area contributed by atoms with E-state index in [1.54, 1.807) is 15.5 Å². The number of likely N-dealkylation sites (tertiary alicyclic amines) is 1. The van der Waals surface area contributed by atoms with E-state index in [1.807, 2.05) is 19.9 Å². The number of rotatable bonds is 3. The second kappa shape index (κ2) is 7.93. The van der Waals surface area contributed by atoms with Crippen LogP contribution in [0, 0.1) is 11.7 Å². The molecule has 1 fully saturated rings. The summed E-state index contributed by atoms with van der Waals surface area (Å²) in [6.45, 7) is 5.25. The number of halogens is 1. The summed E-state index contributed by atoms with van der Waals surface area (Å²) >= 11 is 0. The van der Waals surface area contributed by atoms with Gasteiger partial charge in [0.25, 0.3) is 11.5 Å². The average Bonchev–Trinajstić information content (AvgIpc) is 2.70. The van der Waals surface area contributed by atoms with Crippen LogP contribution in [0.5, 0.6) is 0 Å². The number of benzene rings is 1. The Morgan fingerprint density at radius 3 is 2.50 bits per heavy atom. The van der Waals surface area contributed by atoms with Gasteiger partial charge in [-0.2, -0.15) is 0 Å². The molecular weight excluding hydrogens is 387 g/mol. The first-order chi connectivity index (χ1) is 14.3. The van der Waals surface area contributed by atoms with Crippen LogP contribution in [-0.2, 0) is 6.54 Å². The summed E-state index contributed by atoms with van der Waals surface area (Å²) < 4.78 is 14.9. The largest absolute Gasteiger partial charge is 0.338 e. The van der Waals surface area contributed by atoms with Crippen LogP contribution in [0.15, 0.2) is 41.2 Å². The molecule has 2 aromatic rings. The summed E-state index contributed by atoms with van der Waals surface area (Å²) in [4.78, 5) is 39.6. The molecular formula is C22H25FN4O3. The molecule has 0 aliphatic carbocycles. The number of hydrogen-bond acceptors (Lipinski definition) is 3. The zero-order chi connectivity index (χ0) is 21.4. The fourth-order valence-corrected chi connectivity index (χ4v) is 4.40. The van der Waals surface area contributed by atoms with Crippen LogP contribution in [0.25, 0.3) is 0 Å². The SMILES string of the molecule is CC(C)NC(=O)Nc1ccc2n(c1=O)C[C@H]1C[C@@H]2CN(C(=O)c2ccc(F)cc2)C1. The lowest BCUT2D eigenvalue weighted by Crippen LogP contribution is -2.49. The minimum Gasteiger partial charge on any atom is -0.338 e. The number of hydrogen-bond donors (Lipinski definition) is 2. The van der Waals surface area contributed by atoms with Gasteiger partial charge in [-0.25, -0.2) is 9.18 Å². The van der Waals surface area contributed by atoms with E-state index in [4.69, 9.17) is 0 Å². The second-order valence-corrected chi connectivity index (χ2v) is 8.36. The Labute approximate surface area is 173 Å². The Balaban J connectivity index is 1.54. The zero-order valence-electron chi connectivity index (χ0n) is 17.0. The van der Waals surface area contributed by atoms with Crippen LogP contribution in [0.1, 0.15) is 42.2 Å². The number of piperidine rings is 1. The molecule has 2 aliphatic heterocycles. The number of nitrogens with zero attached hydrogens (tertiary/aromatic N) is 2. The van der Waals surface area contributed by atoms with Gasteiger partial charge in [0.1, 0.15) is 11.5 Å². The molecule has 30 heavy (non-hydrogen) atoms. The van der Waals surface area contributed by atoms with E-state index in [1.165, 1.54) is 24.3 Å². The number of urea groups is 1. The van der Waals surface area contributed by atoms with Crippen molar-refractivity contribution in [2.75, 3.05) is 18.4 Å². The van der Waals surface area contributed by atoms with E-state index in [-0.39, 0.29) is 40.8 Å². The topological polar surface area (TPSA) is 83.4 Å². The number of nitrogens with one attached hydrogen (secondary N) is 2. The first-order valence-electron chi connectivity index (χ1n) is 10.2. The molecule has 0 radical (unpaired) electrons. The van der Waals surface area contributed by atoms with E-state index >= 15 is 0 Å². The normalized spacial score (nSPS) is 19.9. The minimum absolute atomic E-state index is 0.0330. The van der Waals surface area contributed by atoms with E-state index in [2.05, 4.69) is 10.6 Å². The number of fused-ring (bicyclic) bond motifs is 4. The van der Waals surface area contributed by atoms with Crippen LogP contribution in [0.2, 0.25) is 0 Å². The molecule has 3 amide bonds. The molecule has 2 aliphatic rings. The van der Waals surface area contributed by atoms with Gasteiger partial charge < -0.3 is 20.1 Å². The van der Waals surface area contributed by atoms with Crippen LogP contribution in [0.4, 0.5) is 14.9 Å². The predicted octanol–water partition coefficient (Wildman–Crippen LogP) is 2.78. The Morgan fingerprint density at radius 1 is 1.07 bits per heavy atom. The van der Waals surface area contributed by atoms with E-state index in [9.17, 15) is 18.8 Å². The molecule has 3 heterocycles. The van der Waals surface area contributed by atoms with Crippen molar-refractivity contribution in [2.24, 2.45) is 5.92 Å². The summed E-state index contributed by atoms with van der Waals surface area (Å²) in [6.07, 6.45) is 0.910. The molecule has 0 saturated carbocycles. The third-order valence-corrected chi connectivity index (χ3v) is 5.65. The third-order valence-electron chi connectivity index (χ3n) is 5.65. The van der Waals surface area contributed by atoms with Gasteiger partial charge >= 0.3 is 6.03 Å². The van der Waals surface area contributed by atoms with Crippen molar-refractivity contribution in [1.82, 2.24) is 14.8 Å². The molecule has 2 atom stereocenters. The number of carbonyl (C=O) groups excluding carboxylic acids is 2. The van der Waals surface area contributed by atoms with Crippen molar-refractivity contribution in [3.63, 3.8) is 0 Å². The molecule has 8 heteroatoms. The Bertz CT molecular complexity index is 1030. The van der Waals surface area contributed by atoms with Gasteiger partial charge in [0.2, 0.25) is 0 Å². The summed E-state index contributed by atoms with van der Waals surface area (Å²) in [5.74, 6) is -0.294. The van der Waals surface area contributed by atoms with E-state index < -0.39 is 6.03 Å². The van der Waals surface area contributed by atoms with Crippen molar-refractivity contribution in [2.45, 2.75) is 38.8 Å². The molecule has 0 spiro atoms. The summed E-state index contributed by atoms with van der Waals surface area (Å²) in [5.41, 5.74) is 1.36. The van der Waals surface area contributed by atoms with Gasteiger partial charge in [-0.05, 0) is 62.6 Å². The number of pyridine rings is 1. The second-order valence-electron chi connectivity index (χ2n) is 8.36. The molecule has 4 rings (SSSR count). The average molecular weight is 412 g/mol. The number of aromatic nitrogens is 1. The van der Waals surface area contributed by atoms with Crippen molar-refractivity contribution in [3.05, 3.63) is 63.8 Å². The third kappa shape index (κ3) is 3.94. The highest BCUT2D eigenvalue weighted by Crippen LogP contribution is 2.36. The number of amides is 3. The van der Waals surface area contributed by atoms with Crippen molar-refractivity contribution in [1.29, 1.82) is 0 Å². The standard InChI is InChI=1S/C22H25FN4O3/c1-13(2)24-22(30)25-18-7-8-19-16-9-14(11-27(19)21(18)29)10-26(12-16)20(28)15-3-5-17(23)6-4-15/h3-8,13-14,16H,9-12H2,1-2H3,(H2,24,25,30)/t14-,16+/m0/s1. The lowest BCUT2D eigenvalue weighted by atomic mass is 9.83. The first kappa shape index (κ1) is 20.1. The molecule has 2 N–H and O–H groups in total. The molecule has 1 aromatic carbocycles. The number of anilines is 1. The van der Waals surface area contributed by atoms with Gasteiger partial charge in [-0.3, -0.25) is 9.59 Å². The molecule has 7 nitrogen and oxygen atoms in total. The lowest BCUT2D eigenvalue weighted by Gasteiger charge is -2.43. The maximum atomic E-state index is 13.2. The van der Waals surface area contributed by atoms with Gasteiger partial charge in [-0.1, -0.05) is 0 Å². The fourth-order valence-electron chi connectivity index (χ4n) is 4.40. The van der Waals surface area contributed by atoms with Crippen LogP contribution in [0.3, 0.4) is 0 Å². The van der Waals surface area contributed by atoms with Crippen LogP contribution < -0.4 is 16.2 Å². The lowest BCUT2D eigenvalue weighted by molar-refractivity contribution is 0.0594. The quantitative estimate of drug-likeness (QED) is 0.813.